The number of rotatable bonds is 3. The molecule has 4 aromatic rings. The minimum absolute atomic E-state index is 0.239. The number of hydrogen-bond donors (Lipinski definition) is 1. The first-order valence-electron chi connectivity index (χ1n) is 9.23. The minimum atomic E-state index is -0.239. The lowest BCUT2D eigenvalue weighted by molar-refractivity contribution is 0.139. The predicted octanol–water partition coefficient (Wildman–Crippen LogP) is 3.86. The van der Waals surface area contributed by atoms with Crippen molar-refractivity contribution < 1.29 is 8.81 Å². The van der Waals surface area contributed by atoms with E-state index in [2.05, 4.69) is 21.8 Å². The highest BCUT2D eigenvalue weighted by Gasteiger charge is 2.17. The highest BCUT2D eigenvalue weighted by molar-refractivity contribution is 5.97. The van der Waals surface area contributed by atoms with Crippen molar-refractivity contribution in [3.05, 3.63) is 54.3 Å². The molecule has 1 saturated heterocycles. The van der Waals surface area contributed by atoms with Crippen molar-refractivity contribution in [3.8, 4) is 11.1 Å². The second-order valence-electron chi connectivity index (χ2n) is 7.26. The number of likely N-dealkylation sites (N-methyl/N-ethyl adjacent to an activating group) is 1. The second-order valence-corrected chi connectivity index (χ2v) is 7.26. The third-order valence-corrected chi connectivity index (χ3v) is 5.34. The van der Waals surface area contributed by atoms with Crippen molar-refractivity contribution in [2.45, 2.75) is 6.54 Å². The molecule has 0 atom stereocenters. The Labute approximate surface area is 156 Å². The van der Waals surface area contributed by atoms with E-state index in [9.17, 15) is 4.39 Å². The van der Waals surface area contributed by atoms with Gasteiger partial charge >= 0.3 is 0 Å². The van der Waals surface area contributed by atoms with Gasteiger partial charge in [0.05, 0.1) is 6.54 Å². The Hall–Kier alpha value is -2.70. The number of halogens is 1. The zero-order chi connectivity index (χ0) is 18.4. The smallest absolute Gasteiger partial charge is 0.209 e. The summed E-state index contributed by atoms with van der Waals surface area (Å²) in [5.74, 6) is 0.518. The van der Waals surface area contributed by atoms with Gasteiger partial charge in [-0.3, -0.25) is 4.90 Å². The van der Waals surface area contributed by atoms with Gasteiger partial charge in [-0.15, -0.1) is 0 Å². The molecule has 1 aliphatic rings. The average molecular weight is 364 g/mol. The molecule has 0 unspecified atom stereocenters. The van der Waals surface area contributed by atoms with Crippen LogP contribution in [0.4, 0.5) is 4.39 Å². The number of aromatic amines is 1. The molecule has 2 aromatic heterocycles. The molecular formula is C21H21FN4O. The summed E-state index contributed by atoms with van der Waals surface area (Å²) < 4.78 is 19.4. The summed E-state index contributed by atoms with van der Waals surface area (Å²) in [5, 5.41) is 0.997. The average Bonchev–Trinajstić information content (AvgIpc) is 3.25. The van der Waals surface area contributed by atoms with Crippen LogP contribution in [0.3, 0.4) is 0 Å². The van der Waals surface area contributed by atoms with Crippen LogP contribution in [0, 0.1) is 5.82 Å². The molecule has 138 valence electrons. The number of hydrogen-bond acceptors (Lipinski definition) is 4. The number of fused-ring (bicyclic) bond motifs is 2. The Morgan fingerprint density at radius 1 is 1.11 bits per heavy atom. The molecule has 2 aromatic carbocycles. The first kappa shape index (κ1) is 16.5. The molecule has 3 heterocycles. The van der Waals surface area contributed by atoms with Crippen LogP contribution in [0.15, 0.2) is 47.0 Å². The third kappa shape index (κ3) is 3.11. The van der Waals surface area contributed by atoms with E-state index >= 15 is 0 Å². The van der Waals surface area contributed by atoms with E-state index in [1.807, 2.05) is 30.5 Å². The summed E-state index contributed by atoms with van der Waals surface area (Å²) >= 11 is 0. The van der Waals surface area contributed by atoms with Crippen LogP contribution in [0.25, 0.3) is 33.1 Å². The summed E-state index contributed by atoms with van der Waals surface area (Å²) in [6.07, 6.45) is 1.91. The van der Waals surface area contributed by atoms with E-state index in [0.29, 0.717) is 0 Å². The number of piperazine rings is 1. The van der Waals surface area contributed by atoms with Crippen LogP contribution >= 0.6 is 0 Å². The molecule has 0 radical (unpaired) electrons. The maximum absolute atomic E-state index is 13.4. The van der Waals surface area contributed by atoms with Crippen molar-refractivity contribution in [3.63, 3.8) is 0 Å². The normalized spacial score (nSPS) is 16.5. The summed E-state index contributed by atoms with van der Waals surface area (Å²) in [6.45, 7) is 4.96. The molecule has 5 nitrogen and oxygen atoms in total. The van der Waals surface area contributed by atoms with Crippen molar-refractivity contribution in [1.29, 1.82) is 0 Å². The van der Waals surface area contributed by atoms with Crippen LogP contribution in [-0.4, -0.2) is 53.0 Å². The summed E-state index contributed by atoms with van der Waals surface area (Å²) in [7, 11) is 2.15. The van der Waals surface area contributed by atoms with Gasteiger partial charge in [0.25, 0.3) is 0 Å². The zero-order valence-corrected chi connectivity index (χ0v) is 15.2. The maximum Gasteiger partial charge on any atom is 0.209 e. The molecule has 5 rings (SSSR count). The van der Waals surface area contributed by atoms with E-state index in [1.54, 1.807) is 0 Å². The van der Waals surface area contributed by atoms with Crippen LogP contribution in [0.2, 0.25) is 0 Å². The van der Waals surface area contributed by atoms with Gasteiger partial charge in [-0.1, -0.05) is 6.07 Å². The molecule has 1 N–H and O–H groups in total. The van der Waals surface area contributed by atoms with Crippen LogP contribution < -0.4 is 0 Å². The van der Waals surface area contributed by atoms with E-state index < -0.39 is 0 Å². The Morgan fingerprint density at radius 3 is 2.81 bits per heavy atom. The molecule has 0 spiro atoms. The Balaban J connectivity index is 1.45. The Morgan fingerprint density at radius 2 is 1.96 bits per heavy atom. The van der Waals surface area contributed by atoms with Gasteiger partial charge in [-0.2, -0.15) is 0 Å². The van der Waals surface area contributed by atoms with Gasteiger partial charge in [-0.25, -0.2) is 9.37 Å². The zero-order valence-electron chi connectivity index (χ0n) is 15.2. The van der Waals surface area contributed by atoms with Crippen molar-refractivity contribution in [2.24, 2.45) is 0 Å². The van der Waals surface area contributed by atoms with Gasteiger partial charge in [0, 0.05) is 48.8 Å². The largest absolute Gasteiger partial charge is 0.439 e. The first-order valence-corrected chi connectivity index (χ1v) is 9.23. The predicted molar refractivity (Wildman–Crippen MR) is 104 cm³/mol. The quantitative estimate of drug-likeness (QED) is 0.600. The summed E-state index contributed by atoms with van der Waals surface area (Å²) in [6, 6.07) is 10.8. The maximum atomic E-state index is 13.4. The van der Waals surface area contributed by atoms with Gasteiger partial charge in [0.1, 0.15) is 11.3 Å². The van der Waals surface area contributed by atoms with E-state index in [4.69, 9.17) is 9.40 Å². The molecule has 0 amide bonds. The van der Waals surface area contributed by atoms with E-state index in [-0.39, 0.29) is 5.82 Å². The molecule has 6 heteroatoms. The van der Waals surface area contributed by atoms with E-state index in [1.165, 1.54) is 12.1 Å². The second kappa shape index (κ2) is 6.48. The molecule has 27 heavy (non-hydrogen) atoms. The van der Waals surface area contributed by atoms with Gasteiger partial charge in [-0.05, 0) is 42.9 Å². The fraction of sp³-hybridized carbons (Fsp3) is 0.286. The SMILES string of the molecule is CN1CCN(Cc2nc3cc(-c4c[nH]c5cc(F)ccc45)ccc3o2)CC1. The Bertz CT molecular complexity index is 1110. The van der Waals surface area contributed by atoms with Gasteiger partial charge < -0.3 is 14.3 Å². The first-order chi connectivity index (χ1) is 13.2. The highest BCUT2D eigenvalue weighted by Crippen LogP contribution is 2.31. The van der Waals surface area contributed by atoms with Crippen LogP contribution in [-0.2, 0) is 6.54 Å². The molecule has 0 bridgehead atoms. The van der Waals surface area contributed by atoms with Crippen molar-refractivity contribution in [2.75, 3.05) is 33.2 Å². The van der Waals surface area contributed by atoms with Crippen LogP contribution in [0.5, 0.6) is 0 Å². The topological polar surface area (TPSA) is 48.3 Å². The lowest BCUT2D eigenvalue weighted by Gasteiger charge is -2.31. The van der Waals surface area contributed by atoms with E-state index in [0.717, 1.165) is 71.7 Å². The fourth-order valence-corrected chi connectivity index (χ4v) is 3.74. The van der Waals surface area contributed by atoms with Gasteiger partial charge in [0.2, 0.25) is 5.89 Å². The summed E-state index contributed by atoms with van der Waals surface area (Å²) in [5.41, 5.74) is 4.53. The number of oxazole rings is 1. The molecule has 0 aliphatic carbocycles. The lowest BCUT2D eigenvalue weighted by atomic mass is 10.0. The molecule has 1 fully saturated rings. The standard InChI is InChI=1S/C21H21FN4O/c1-25-6-8-26(9-7-25)13-21-24-19-10-14(2-5-20(19)27-21)17-12-23-18-11-15(22)3-4-16(17)18/h2-5,10-12,23H,6-9,13H2,1H3. The third-order valence-electron chi connectivity index (χ3n) is 5.34. The monoisotopic (exact) mass is 364 g/mol. The number of nitrogens with one attached hydrogen (secondary N) is 1. The van der Waals surface area contributed by atoms with Crippen molar-refractivity contribution >= 4 is 22.0 Å². The Kier molecular flexibility index (Phi) is 3.95. The molecule has 1 aliphatic heterocycles. The number of nitrogens with zero attached hydrogens (tertiary/aromatic N) is 3. The van der Waals surface area contributed by atoms with Crippen LogP contribution in [0.1, 0.15) is 5.89 Å². The fourth-order valence-electron chi connectivity index (χ4n) is 3.74. The van der Waals surface area contributed by atoms with Crippen molar-refractivity contribution in [1.82, 2.24) is 19.8 Å². The lowest BCUT2D eigenvalue weighted by Crippen LogP contribution is -2.43. The minimum Gasteiger partial charge on any atom is -0.439 e. The number of aromatic nitrogens is 2. The number of H-pyrrole nitrogens is 1. The number of benzene rings is 2. The molecule has 0 saturated carbocycles. The molecular weight excluding hydrogens is 343 g/mol. The summed E-state index contributed by atoms with van der Waals surface area (Å²) in [4.78, 5) is 12.6. The highest BCUT2D eigenvalue weighted by atomic mass is 19.1. The van der Waals surface area contributed by atoms with Gasteiger partial charge in [0.15, 0.2) is 5.58 Å².